The van der Waals surface area contributed by atoms with Gasteiger partial charge >= 0.3 is 5.97 Å². The molecule has 2 aromatic carbocycles. The quantitative estimate of drug-likeness (QED) is 0.689. The number of rotatable bonds is 5. The first-order valence-corrected chi connectivity index (χ1v) is 9.35. The fourth-order valence-electron chi connectivity index (χ4n) is 3.71. The number of aliphatic hydroxyl groups is 1. The molecule has 7 nitrogen and oxygen atoms in total. The highest BCUT2D eigenvalue weighted by Crippen LogP contribution is 2.32. The Morgan fingerprint density at radius 3 is 2.69 bits per heavy atom. The average molecular weight is 395 g/mol. The van der Waals surface area contributed by atoms with Gasteiger partial charge in [-0.15, -0.1) is 0 Å². The molecule has 29 heavy (non-hydrogen) atoms. The van der Waals surface area contributed by atoms with Crippen LogP contribution in [0.4, 0.5) is 0 Å². The third-order valence-corrected chi connectivity index (χ3v) is 5.12. The van der Waals surface area contributed by atoms with E-state index in [-0.39, 0.29) is 13.0 Å². The lowest BCUT2D eigenvalue weighted by Gasteiger charge is -2.21. The van der Waals surface area contributed by atoms with E-state index in [1.54, 1.807) is 25.1 Å². The zero-order chi connectivity index (χ0) is 20.5. The minimum absolute atomic E-state index is 0.0152. The summed E-state index contributed by atoms with van der Waals surface area (Å²) in [5, 5.41) is 19.8. The number of carbonyl (C=O) groups excluding carboxylic acids is 1. The number of likely N-dealkylation sites (tertiary alicyclic amines) is 1. The predicted octanol–water partition coefficient (Wildman–Crippen LogP) is 2.98. The molecular formula is C22H21NO6. The number of amides is 1. The first-order valence-electron chi connectivity index (χ1n) is 9.35. The number of ether oxygens (including phenoxy) is 1. The van der Waals surface area contributed by atoms with E-state index < -0.39 is 24.0 Å². The first-order chi connectivity index (χ1) is 13.9. The van der Waals surface area contributed by atoms with Crippen LogP contribution in [0.2, 0.25) is 0 Å². The summed E-state index contributed by atoms with van der Waals surface area (Å²) in [5.74, 6) is -0.624. The standard InChI is InChI=1S/C22H21NO6/c1-13-20(21(25)23-11-15(24)9-18(23)22(26)27)17-10-16(7-8-19(17)29-13)28-12-14-5-3-2-4-6-14/h2-8,10,15,18,24H,9,11-12H2,1H3,(H,26,27)/t15-,18+/m1/s1. The van der Waals surface area contributed by atoms with Gasteiger partial charge in [0.05, 0.1) is 11.7 Å². The number of aliphatic carboxylic acids is 1. The smallest absolute Gasteiger partial charge is 0.326 e. The molecule has 1 aliphatic rings. The Morgan fingerprint density at radius 1 is 1.21 bits per heavy atom. The number of carbonyl (C=O) groups is 2. The van der Waals surface area contributed by atoms with Crippen LogP contribution in [0.15, 0.2) is 52.9 Å². The number of carboxylic acids is 1. The van der Waals surface area contributed by atoms with Gasteiger partial charge in [-0.3, -0.25) is 4.79 Å². The van der Waals surface area contributed by atoms with Gasteiger partial charge in [-0.2, -0.15) is 0 Å². The molecule has 1 saturated heterocycles. The van der Waals surface area contributed by atoms with Gasteiger partial charge in [0.2, 0.25) is 0 Å². The Morgan fingerprint density at radius 2 is 1.97 bits per heavy atom. The van der Waals surface area contributed by atoms with Crippen molar-refractivity contribution in [3.8, 4) is 5.75 Å². The third-order valence-electron chi connectivity index (χ3n) is 5.12. The van der Waals surface area contributed by atoms with Crippen LogP contribution in [0, 0.1) is 6.92 Å². The molecule has 0 aliphatic carbocycles. The van der Waals surface area contributed by atoms with Gasteiger partial charge in [-0.25, -0.2) is 4.79 Å². The molecule has 1 aliphatic heterocycles. The molecule has 1 fully saturated rings. The second-order valence-corrected chi connectivity index (χ2v) is 7.17. The van der Waals surface area contributed by atoms with Gasteiger partial charge in [0.1, 0.15) is 29.7 Å². The summed E-state index contributed by atoms with van der Waals surface area (Å²) in [5.41, 5.74) is 1.83. The first kappa shape index (κ1) is 19.0. The third kappa shape index (κ3) is 3.69. The van der Waals surface area contributed by atoms with E-state index in [1.807, 2.05) is 30.3 Å². The second kappa shape index (κ2) is 7.60. The topological polar surface area (TPSA) is 100 Å². The van der Waals surface area contributed by atoms with E-state index >= 15 is 0 Å². The van der Waals surface area contributed by atoms with Crippen molar-refractivity contribution in [3.63, 3.8) is 0 Å². The molecule has 4 rings (SSSR count). The summed E-state index contributed by atoms with van der Waals surface area (Å²) in [7, 11) is 0. The van der Waals surface area contributed by atoms with Gasteiger partial charge in [0.15, 0.2) is 0 Å². The molecule has 2 atom stereocenters. The normalized spacial score (nSPS) is 18.9. The van der Waals surface area contributed by atoms with E-state index in [2.05, 4.69) is 0 Å². The molecular weight excluding hydrogens is 374 g/mol. The highest BCUT2D eigenvalue weighted by Gasteiger charge is 2.40. The number of nitrogens with zero attached hydrogens (tertiary/aromatic N) is 1. The lowest BCUT2D eigenvalue weighted by Crippen LogP contribution is -2.40. The monoisotopic (exact) mass is 395 g/mol. The van der Waals surface area contributed by atoms with Gasteiger partial charge in [-0.1, -0.05) is 30.3 Å². The number of hydrogen-bond donors (Lipinski definition) is 2. The maximum atomic E-state index is 13.1. The summed E-state index contributed by atoms with van der Waals surface area (Å²) < 4.78 is 11.6. The minimum atomic E-state index is -1.13. The maximum Gasteiger partial charge on any atom is 0.326 e. The van der Waals surface area contributed by atoms with Crippen LogP contribution in [0.25, 0.3) is 11.0 Å². The molecule has 150 valence electrons. The van der Waals surface area contributed by atoms with Crippen LogP contribution >= 0.6 is 0 Å². The molecule has 1 aromatic heterocycles. The van der Waals surface area contributed by atoms with Crippen LogP contribution in [-0.2, 0) is 11.4 Å². The van der Waals surface area contributed by atoms with Crippen molar-refractivity contribution < 1.29 is 29.0 Å². The van der Waals surface area contributed by atoms with Crippen LogP contribution in [0.5, 0.6) is 5.75 Å². The number of fused-ring (bicyclic) bond motifs is 1. The summed E-state index contributed by atoms with van der Waals surface area (Å²) in [6.07, 6.45) is -0.843. The number of hydrogen-bond acceptors (Lipinski definition) is 5. The minimum Gasteiger partial charge on any atom is -0.489 e. The van der Waals surface area contributed by atoms with E-state index in [9.17, 15) is 19.8 Å². The van der Waals surface area contributed by atoms with Gasteiger partial charge in [-0.05, 0) is 30.7 Å². The number of β-amino-alcohol motifs (C(OH)–C–C–N with tert-alkyl or cyclic N) is 1. The van der Waals surface area contributed by atoms with Crippen molar-refractivity contribution in [2.45, 2.75) is 32.1 Å². The summed E-state index contributed by atoms with van der Waals surface area (Å²) >= 11 is 0. The fraction of sp³-hybridized carbons (Fsp3) is 0.273. The molecule has 1 amide bonds. The van der Waals surface area contributed by atoms with Crippen molar-refractivity contribution in [1.82, 2.24) is 4.90 Å². The number of furan rings is 1. The zero-order valence-electron chi connectivity index (χ0n) is 15.9. The number of carboxylic acid groups (broad SMARTS) is 1. The van der Waals surface area contributed by atoms with E-state index in [1.165, 1.54) is 4.90 Å². The SMILES string of the molecule is Cc1oc2ccc(OCc3ccccc3)cc2c1C(=O)N1C[C@H](O)C[C@H]1C(=O)O. The van der Waals surface area contributed by atoms with Gasteiger partial charge < -0.3 is 24.3 Å². The maximum absolute atomic E-state index is 13.1. The zero-order valence-corrected chi connectivity index (χ0v) is 15.9. The molecule has 2 N–H and O–H groups in total. The van der Waals surface area contributed by atoms with Gasteiger partial charge in [0, 0.05) is 18.4 Å². The van der Waals surface area contributed by atoms with Crippen molar-refractivity contribution in [3.05, 3.63) is 65.4 Å². The Labute approximate surface area is 167 Å². The van der Waals surface area contributed by atoms with Crippen LogP contribution in [0.1, 0.15) is 28.1 Å². The summed E-state index contributed by atoms with van der Waals surface area (Å²) in [4.78, 5) is 25.8. The molecule has 0 saturated carbocycles. The average Bonchev–Trinajstić information content (AvgIpc) is 3.26. The summed E-state index contributed by atoms with van der Waals surface area (Å²) in [6, 6.07) is 13.9. The molecule has 3 aromatic rings. The molecule has 0 unspecified atom stereocenters. The number of benzene rings is 2. The Balaban J connectivity index is 1.64. The highest BCUT2D eigenvalue weighted by atomic mass is 16.5. The number of aryl methyl sites for hydroxylation is 1. The largest absolute Gasteiger partial charge is 0.489 e. The van der Waals surface area contributed by atoms with Crippen LogP contribution in [0.3, 0.4) is 0 Å². The van der Waals surface area contributed by atoms with E-state index in [4.69, 9.17) is 9.15 Å². The second-order valence-electron chi connectivity index (χ2n) is 7.17. The van der Waals surface area contributed by atoms with Crippen LogP contribution < -0.4 is 4.74 Å². The molecule has 0 radical (unpaired) electrons. The lowest BCUT2D eigenvalue weighted by molar-refractivity contribution is -0.141. The summed E-state index contributed by atoms with van der Waals surface area (Å²) in [6.45, 7) is 2.03. The van der Waals surface area contributed by atoms with Crippen molar-refractivity contribution in [2.24, 2.45) is 0 Å². The highest BCUT2D eigenvalue weighted by molar-refractivity contribution is 6.08. The van der Waals surface area contributed by atoms with Crippen LogP contribution in [-0.4, -0.2) is 45.7 Å². The van der Waals surface area contributed by atoms with Crippen molar-refractivity contribution >= 4 is 22.8 Å². The Hall–Kier alpha value is -3.32. The van der Waals surface area contributed by atoms with E-state index in [0.29, 0.717) is 34.6 Å². The molecule has 0 bridgehead atoms. The molecule has 0 spiro atoms. The lowest BCUT2D eigenvalue weighted by atomic mass is 10.1. The molecule has 7 heteroatoms. The number of aliphatic hydroxyl groups excluding tert-OH is 1. The molecule has 2 heterocycles. The fourth-order valence-corrected chi connectivity index (χ4v) is 3.71. The Bertz CT molecular complexity index is 1060. The van der Waals surface area contributed by atoms with E-state index in [0.717, 1.165) is 5.56 Å². The Kier molecular flexibility index (Phi) is 4.98. The van der Waals surface area contributed by atoms with Crippen molar-refractivity contribution in [1.29, 1.82) is 0 Å². The van der Waals surface area contributed by atoms with Gasteiger partial charge in [0.25, 0.3) is 5.91 Å². The van der Waals surface area contributed by atoms with Crippen molar-refractivity contribution in [2.75, 3.05) is 6.54 Å². The predicted molar refractivity (Wildman–Crippen MR) is 105 cm³/mol.